The Balaban J connectivity index is 2.26. The van der Waals surface area contributed by atoms with Gasteiger partial charge in [-0.05, 0) is 38.9 Å². The molecule has 0 amide bonds. The van der Waals surface area contributed by atoms with Crippen molar-refractivity contribution < 1.29 is 0 Å². The molecule has 2 heteroatoms. The first-order valence-corrected chi connectivity index (χ1v) is 6.33. The van der Waals surface area contributed by atoms with E-state index in [9.17, 15) is 0 Å². The van der Waals surface area contributed by atoms with Crippen LogP contribution in [0.4, 0.5) is 0 Å². The minimum absolute atomic E-state index is 0.815. The molecule has 84 valence electrons. The van der Waals surface area contributed by atoms with Crippen LogP contribution in [-0.2, 0) is 0 Å². The SMILES string of the molecule is CCCCN1CCCC[C@@H]1CNCC. The Hall–Kier alpha value is -0.0800. The third-order valence-corrected chi connectivity index (χ3v) is 3.18. The topological polar surface area (TPSA) is 15.3 Å². The minimum atomic E-state index is 0.815. The van der Waals surface area contributed by atoms with Gasteiger partial charge < -0.3 is 5.32 Å². The van der Waals surface area contributed by atoms with Crippen LogP contribution in [0.15, 0.2) is 0 Å². The average Bonchev–Trinajstić information content (AvgIpc) is 2.24. The molecule has 1 saturated heterocycles. The molecule has 14 heavy (non-hydrogen) atoms. The van der Waals surface area contributed by atoms with E-state index < -0.39 is 0 Å². The lowest BCUT2D eigenvalue weighted by atomic mass is 10.0. The van der Waals surface area contributed by atoms with Crippen LogP contribution in [0.25, 0.3) is 0 Å². The Bertz CT molecular complexity index is 120. The van der Waals surface area contributed by atoms with Gasteiger partial charge in [0.1, 0.15) is 0 Å². The van der Waals surface area contributed by atoms with Crippen LogP contribution in [0.2, 0.25) is 0 Å². The molecular weight excluding hydrogens is 172 g/mol. The Morgan fingerprint density at radius 1 is 1.29 bits per heavy atom. The summed E-state index contributed by atoms with van der Waals surface area (Å²) in [6, 6.07) is 0.815. The number of likely N-dealkylation sites (N-methyl/N-ethyl adjacent to an activating group) is 1. The van der Waals surface area contributed by atoms with Gasteiger partial charge in [0, 0.05) is 12.6 Å². The molecule has 0 spiro atoms. The molecule has 1 N–H and O–H groups in total. The molecular formula is C12H26N2. The van der Waals surface area contributed by atoms with Crippen LogP contribution in [0.5, 0.6) is 0 Å². The summed E-state index contributed by atoms with van der Waals surface area (Å²) in [6.45, 7) is 9.42. The van der Waals surface area contributed by atoms with Crippen LogP contribution in [0.3, 0.4) is 0 Å². The smallest absolute Gasteiger partial charge is 0.0220 e. The molecule has 0 aromatic heterocycles. The summed E-state index contributed by atoms with van der Waals surface area (Å²) in [6.07, 6.45) is 6.93. The van der Waals surface area contributed by atoms with Crippen molar-refractivity contribution in [1.82, 2.24) is 10.2 Å². The number of hydrogen-bond acceptors (Lipinski definition) is 2. The van der Waals surface area contributed by atoms with Gasteiger partial charge in [-0.1, -0.05) is 26.7 Å². The zero-order chi connectivity index (χ0) is 10.2. The van der Waals surface area contributed by atoms with Crippen molar-refractivity contribution in [3.63, 3.8) is 0 Å². The van der Waals surface area contributed by atoms with E-state index in [0.29, 0.717) is 0 Å². The number of nitrogens with one attached hydrogen (secondary N) is 1. The van der Waals surface area contributed by atoms with Crippen molar-refractivity contribution in [2.75, 3.05) is 26.2 Å². The number of piperidine rings is 1. The van der Waals surface area contributed by atoms with E-state index in [-0.39, 0.29) is 0 Å². The summed E-state index contributed by atoms with van der Waals surface area (Å²) >= 11 is 0. The predicted molar refractivity (Wildman–Crippen MR) is 62.7 cm³/mol. The van der Waals surface area contributed by atoms with Gasteiger partial charge in [-0.2, -0.15) is 0 Å². The largest absolute Gasteiger partial charge is 0.315 e. The van der Waals surface area contributed by atoms with Crippen molar-refractivity contribution in [1.29, 1.82) is 0 Å². The molecule has 1 heterocycles. The summed E-state index contributed by atoms with van der Waals surface area (Å²) < 4.78 is 0. The van der Waals surface area contributed by atoms with Gasteiger partial charge >= 0.3 is 0 Å². The molecule has 0 aromatic rings. The number of nitrogens with zero attached hydrogens (tertiary/aromatic N) is 1. The molecule has 0 saturated carbocycles. The molecule has 1 rings (SSSR count). The van der Waals surface area contributed by atoms with Gasteiger partial charge in [0.25, 0.3) is 0 Å². The van der Waals surface area contributed by atoms with E-state index in [4.69, 9.17) is 0 Å². The van der Waals surface area contributed by atoms with Gasteiger partial charge in [0.15, 0.2) is 0 Å². The van der Waals surface area contributed by atoms with Gasteiger partial charge in [0.05, 0.1) is 0 Å². The van der Waals surface area contributed by atoms with Gasteiger partial charge in [-0.25, -0.2) is 0 Å². The van der Waals surface area contributed by atoms with Gasteiger partial charge in [-0.15, -0.1) is 0 Å². The average molecular weight is 198 g/mol. The first-order valence-electron chi connectivity index (χ1n) is 6.33. The lowest BCUT2D eigenvalue weighted by Crippen LogP contribution is -2.45. The molecule has 0 radical (unpaired) electrons. The van der Waals surface area contributed by atoms with E-state index in [0.717, 1.165) is 12.6 Å². The van der Waals surface area contributed by atoms with Crippen molar-refractivity contribution in [3.8, 4) is 0 Å². The van der Waals surface area contributed by atoms with E-state index in [1.54, 1.807) is 0 Å². The zero-order valence-electron chi connectivity index (χ0n) is 9.89. The maximum absolute atomic E-state index is 3.48. The molecule has 1 fully saturated rings. The van der Waals surface area contributed by atoms with Crippen molar-refractivity contribution in [2.24, 2.45) is 0 Å². The first kappa shape index (κ1) is 12.0. The molecule has 0 unspecified atom stereocenters. The highest BCUT2D eigenvalue weighted by atomic mass is 15.2. The lowest BCUT2D eigenvalue weighted by Gasteiger charge is -2.35. The molecule has 0 aromatic carbocycles. The second-order valence-corrected chi connectivity index (χ2v) is 4.35. The van der Waals surface area contributed by atoms with Gasteiger partial charge in [0.2, 0.25) is 0 Å². The summed E-state index contributed by atoms with van der Waals surface area (Å²) in [5.74, 6) is 0. The highest BCUT2D eigenvalue weighted by Crippen LogP contribution is 2.16. The molecule has 1 aliphatic heterocycles. The Morgan fingerprint density at radius 3 is 2.86 bits per heavy atom. The highest BCUT2D eigenvalue weighted by Gasteiger charge is 2.20. The van der Waals surface area contributed by atoms with E-state index in [1.165, 1.54) is 51.7 Å². The number of rotatable bonds is 6. The number of unbranched alkanes of at least 4 members (excludes halogenated alkanes) is 1. The van der Waals surface area contributed by atoms with Gasteiger partial charge in [-0.3, -0.25) is 4.90 Å². The van der Waals surface area contributed by atoms with E-state index in [1.807, 2.05) is 0 Å². The number of likely N-dealkylation sites (tertiary alicyclic amines) is 1. The summed E-state index contributed by atoms with van der Waals surface area (Å²) in [4.78, 5) is 2.69. The third kappa shape index (κ3) is 3.97. The fourth-order valence-corrected chi connectivity index (χ4v) is 2.26. The number of hydrogen-bond donors (Lipinski definition) is 1. The molecule has 1 atom stereocenters. The standard InChI is InChI=1S/C12H26N2/c1-3-5-9-14-10-7-6-8-12(14)11-13-4-2/h12-13H,3-11H2,1-2H3/t12-/m1/s1. The predicted octanol–water partition coefficient (Wildman–Crippen LogP) is 2.25. The molecule has 1 aliphatic rings. The summed E-state index contributed by atoms with van der Waals surface area (Å²) in [5, 5.41) is 3.48. The molecule has 2 nitrogen and oxygen atoms in total. The second kappa shape index (κ2) is 7.24. The fourth-order valence-electron chi connectivity index (χ4n) is 2.26. The van der Waals surface area contributed by atoms with Crippen molar-refractivity contribution in [3.05, 3.63) is 0 Å². The molecule has 0 bridgehead atoms. The van der Waals surface area contributed by atoms with E-state index in [2.05, 4.69) is 24.1 Å². The van der Waals surface area contributed by atoms with Crippen LogP contribution < -0.4 is 5.32 Å². The van der Waals surface area contributed by atoms with Crippen molar-refractivity contribution in [2.45, 2.75) is 52.0 Å². The summed E-state index contributed by atoms with van der Waals surface area (Å²) in [7, 11) is 0. The highest BCUT2D eigenvalue weighted by molar-refractivity contribution is 4.78. The third-order valence-electron chi connectivity index (χ3n) is 3.18. The first-order chi connectivity index (χ1) is 6.88. The Labute approximate surface area is 89.1 Å². The Kier molecular flexibility index (Phi) is 6.20. The Morgan fingerprint density at radius 2 is 2.14 bits per heavy atom. The normalized spacial score (nSPS) is 24.0. The second-order valence-electron chi connectivity index (χ2n) is 4.35. The minimum Gasteiger partial charge on any atom is -0.315 e. The van der Waals surface area contributed by atoms with Crippen LogP contribution in [0, 0.1) is 0 Å². The fraction of sp³-hybridized carbons (Fsp3) is 1.00. The zero-order valence-corrected chi connectivity index (χ0v) is 9.89. The lowest BCUT2D eigenvalue weighted by molar-refractivity contribution is 0.144. The monoisotopic (exact) mass is 198 g/mol. The quantitative estimate of drug-likeness (QED) is 0.704. The van der Waals surface area contributed by atoms with Crippen LogP contribution >= 0.6 is 0 Å². The maximum atomic E-state index is 3.48. The van der Waals surface area contributed by atoms with Crippen LogP contribution in [0.1, 0.15) is 46.0 Å². The van der Waals surface area contributed by atoms with E-state index >= 15 is 0 Å². The molecule has 0 aliphatic carbocycles. The summed E-state index contributed by atoms with van der Waals surface area (Å²) in [5.41, 5.74) is 0. The maximum Gasteiger partial charge on any atom is 0.0220 e. The van der Waals surface area contributed by atoms with Crippen LogP contribution in [-0.4, -0.2) is 37.1 Å². The van der Waals surface area contributed by atoms with Crippen molar-refractivity contribution >= 4 is 0 Å².